The van der Waals surface area contributed by atoms with E-state index in [4.69, 9.17) is 11.6 Å². The summed E-state index contributed by atoms with van der Waals surface area (Å²) in [6.45, 7) is 0.967. The van der Waals surface area contributed by atoms with Crippen LogP contribution in [0.1, 0.15) is 0 Å². The molecule has 1 aromatic heterocycles. The fourth-order valence-corrected chi connectivity index (χ4v) is 5.57. The van der Waals surface area contributed by atoms with Crippen molar-refractivity contribution in [2.45, 2.75) is 11.4 Å². The number of aromatic nitrogens is 1. The van der Waals surface area contributed by atoms with E-state index in [-0.39, 0.29) is 54.2 Å². The number of carbonyl (C=O) groups excluding carboxylic acids is 1. The SMILES string of the molecule is O=C(Cn1ccc2cc([N+](=O)[O-])ccc21)N1CCN(S(=O)(=O)c2ccccc2Cl)CC1. The lowest BCUT2D eigenvalue weighted by Gasteiger charge is -2.34. The molecular formula is C20H19ClN4O5S. The van der Waals surface area contributed by atoms with Crippen molar-refractivity contribution >= 4 is 44.1 Å². The van der Waals surface area contributed by atoms with Gasteiger partial charge >= 0.3 is 0 Å². The second kappa shape index (κ2) is 8.29. The number of hydrogen-bond acceptors (Lipinski definition) is 5. The Labute approximate surface area is 183 Å². The molecule has 3 aromatic rings. The lowest BCUT2D eigenvalue weighted by Crippen LogP contribution is -2.51. The molecular weight excluding hydrogens is 444 g/mol. The molecule has 2 aromatic carbocycles. The summed E-state index contributed by atoms with van der Waals surface area (Å²) in [7, 11) is -3.73. The molecule has 1 aliphatic rings. The molecule has 0 spiro atoms. The Kier molecular flexibility index (Phi) is 5.69. The van der Waals surface area contributed by atoms with Crippen LogP contribution in [0.3, 0.4) is 0 Å². The number of halogens is 1. The van der Waals surface area contributed by atoms with Crippen molar-refractivity contribution in [2.75, 3.05) is 26.2 Å². The largest absolute Gasteiger partial charge is 0.339 e. The van der Waals surface area contributed by atoms with Crippen LogP contribution in [0.4, 0.5) is 5.69 Å². The molecule has 1 fully saturated rings. The first-order chi connectivity index (χ1) is 14.8. The van der Waals surface area contributed by atoms with Crippen molar-refractivity contribution in [3.05, 3.63) is 69.9 Å². The number of piperazine rings is 1. The monoisotopic (exact) mass is 462 g/mol. The van der Waals surface area contributed by atoms with Crippen molar-refractivity contribution in [2.24, 2.45) is 0 Å². The third-order valence-corrected chi connectivity index (χ3v) is 7.72. The highest BCUT2D eigenvalue weighted by molar-refractivity contribution is 7.89. The summed E-state index contributed by atoms with van der Waals surface area (Å²) >= 11 is 6.05. The molecule has 2 heterocycles. The molecule has 0 unspecified atom stereocenters. The molecule has 1 amide bonds. The number of carbonyl (C=O) groups is 1. The Hall–Kier alpha value is -2.95. The standard InChI is InChI=1S/C20H19ClN4O5S/c21-17-3-1-2-4-19(17)31(29,30)24-11-9-22(10-12-24)20(26)14-23-8-7-15-13-16(25(27)28)5-6-18(15)23/h1-8,13H,9-12,14H2. The van der Waals surface area contributed by atoms with E-state index >= 15 is 0 Å². The molecule has 0 bridgehead atoms. The van der Waals surface area contributed by atoms with Crippen molar-refractivity contribution in [1.82, 2.24) is 13.8 Å². The maximum Gasteiger partial charge on any atom is 0.270 e. The highest BCUT2D eigenvalue weighted by Gasteiger charge is 2.31. The average molecular weight is 463 g/mol. The maximum atomic E-state index is 12.8. The third-order valence-electron chi connectivity index (χ3n) is 5.32. The van der Waals surface area contributed by atoms with Gasteiger partial charge < -0.3 is 9.47 Å². The Balaban J connectivity index is 1.43. The molecule has 9 nitrogen and oxygen atoms in total. The second-order valence-electron chi connectivity index (χ2n) is 7.16. The zero-order valence-electron chi connectivity index (χ0n) is 16.3. The van der Waals surface area contributed by atoms with Crippen molar-refractivity contribution in [3.63, 3.8) is 0 Å². The number of nitrogens with zero attached hydrogens (tertiary/aromatic N) is 4. The summed E-state index contributed by atoms with van der Waals surface area (Å²) in [4.78, 5) is 24.9. The van der Waals surface area contributed by atoms with Gasteiger partial charge in [-0.3, -0.25) is 14.9 Å². The van der Waals surface area contributed by atoms with Crippen LogP contribution in [-0.4, -0.2) is 59.2 Å². The van der Waals surface area contributed by atoms with Gasteiger partial charge in [0.1, 0.15) is 11.4 Å². The number of rotatable bonds is 5. The van der Waals surface area contributed by atoms with Crippen LogP contribution in [0.2, 0.25) is 5.02 Å². The minimum atomic E-state index is -3.73. The van der Waals surface area contributed by atoms with E-state index in [2.05, 4.69) is 0 Å². The van der Waals surface area contributed by atoms with E-state index in [0.29, 0.717) is 5.39 Å². The number of amides is 1. The lowest BCUT2D eigenvalue weighted by molar-refractivity contribution is -0.384. The smallest absolute Gasteiger partial charge is 0.270 e. The summed E-state index contributed by atoms with van der Waals surface area (Å²) < 4.78 is 28.8. The first kappa shape index (κ1) is 21.3. The van der Waals surface area contributed by atoms with Gasteiger partial charge in [0.2, 0.25) is 15.9 Å². The van der Waals surface area contributed by atoms with Gasteiger partial charge in [-0.1, -0.05) is 23.7 Å². The Morgan fingerprint density at radius 3 is 2.45 bits per heavy atom. The number of fused-ring (bicyclic) bond motifs is 1. The van der Waals surface area contributed by atoms with Crippen molar-refractivity contribution in [1.29, 1.82) is 0 Å². The van der Waals surface area contributed by atoms with Gasteiger partial charge in [-0.15, -0.1) is 0 Å². The van der Waals surface area contributed by atoms with Gasteiger partial charge in [-0.25, -0.2) is 8.42 Å². The summed E-state index contributed by atoms with van der Waals surface area (Å²) in [6, 6.07) is 12.5. The molecule has 0 atom stereocenters. The van der Waals surface area contributed by atoms with E-state index in [1.165, 1.54) is 28.6 Å². The minimum absolute atomic E-state index is 0.00701. The fourth-order valence-electron chi connectivity index (χ4n) is 3.66. The molecule has 162 valence electrons. The van der Waals surface area contributed by atoms with Crippen molar-refractivity contribution in [3.8, 4) is 0 Å². The predicted molar refractivity (Wildman–Crippen MR) is 115 cm³/mol. The van der Waals surface area contributed by atoms with Gasteiger partial charge in [0.25, 0.3) is 5.69 Å². The molecule has 11 heteroatoms. The predicted octanol–water partition coefficient (Wildman–Crippen LogP) is 2.74. The Morgan fingerprint density at radius 1 is 1.06 bits per heavy atom. The number of nitro groups is 1. The number of nitro benzene ring substituents is 1. The van der Waals surface area contributed by atoms with E-state index in [1.807, 2.05) is 0 Å². The maximum absolute atomic E-state index is 12.8. The van der Waals surface area contributed by atoms with E-state index in [9.17, 15) is 23.3 Å². The molecule has 0 saturated carbocycles. The average Bonchev–Trinajstić information content (AvgIpc) is 3.16. The van der Waals surface area contributed by atoms with Crippen LogP contribution in [0.25, 0.3) is 10.9 Å². The first-order valence-corrected chi connectivity index (χ1v) is 11.3. The quantitative estimate of drug-likeness (QED) is 0.428. The molecule has 31 heavy (non-hydrogen) atoms. The summed E-state index contributed by atoms with van der Waals surface area (Å²) in [5.74, 6) is -0.148. The van der Waals surface area contributed by atoms with Gasteiger partial charge in [0.15, 0.2) is 0 Å². The lowest BCUT2D eigenvalue weighted by atomic mass is 10.2. The fraction of sp³-hybridized carbons (Fsp3) is 0.250. The second-order valence-corrected chi connectivity index (χ2v) is 9.47. The Bertz CT molecular complexity index is 1270. The highest BCUT2D eigenvalue weighted by Crippen LogP contribution is 2.25. The summed E-state index contributed by atoms with van der Waals surface area (Å²) in [5, 5.41) is 11.8. The number of non-ortho nitro benzene ring substituents is 1. The zero-order chi connectivity index (χ0) is 22.2. The van der Waals surface area contributed by atoms with Crippen LogP contribution in [-0.2, 0) is 21.4 Å². The van der Waals surface area contributed by atoms with Crippen LogP contribution in [0.15, 0.2) is 59.6 Å². The first-order valence-electron chi connectivity index (χ1n) is 9.53. The van der Waals surface area contributed by atoms with Crippen LogP contribution < -0.4 is 0 Å². The molecule has 1 aliphatic heterocycles. The van der Waals surface area contributed by atoms with Gasteiger partial charge in [-0.2, -0.15) is 4.31 Å². The molecule has 0 N–H and O–H groups in total. The van der Waals surface area contributed by atoms with E-state index in [1.54, 1.807) is 39.9 Å². The van der Waals surface area contributed by atoms with Crippen molar-refractivity contribution < 1.29 is 18.1 Å². The zero-order valence-corrected chi connectivity index (χ0v) is 17.9. The Morgan fingerprint density at radius 2 is 1.77 bits per heavy atom. The summed E-state index contributed by atoms with van der Waals surface area (Å²) in [5.41, 5.74) is 0.714. The highest BCUT2D eigenvalue weighted by atomic mass is 35.5. The topological polar surface area (TPSA) is 106 Å². The van der Waals surface area contributed by atoms with Gasteiger partial charge in [0, 0.05) is 55.4 Å². The van der Waals surface area contributed by atoms with Gasteiger partial charge in [-0.05, 0) is 24.3 Å². The van der Waals surface area contributed by atoms with E-state index in [0.717, 1.165) is 5.52 Å². The normalized spacial score (nSPS) is 15.3. The number of hydrogen-bond donors (Lipinski definition) is 0. The molecule has 0 aliphatic carbocycles. The number of benzene rings is 2. The number of sulfonamides is 1. The third kappa shape index (κ3) is 4.14. The van der Waals surface area contributed by atoms with Crippen LogP contribution in [0.5, 0.6) is 0 Å². The molecule has 1 saturated heterocycles. The van der Waals surface area contributed by atoms with E-state index < -0.39 is 14.9 Å². The minimum Gasteiger partial charge on any atom is -0.339 e. The molecule has 4 rings (SSSR count). The van der Waals surface area contributed by atoms with Crippen LogP contribution in [0, 0.1) is 10.1 Å². The molecule has 0 radical (unpaired) electrons. The summed E-state index contributed by atoms with van der Waals surface area (Å²) in [6.07, 6.45) is 1.71. The van der Waals surface area contributed by atoms with Gasteiger partial charge in [0.05, 0.1) is 9.95 Å². The van der Waals surface area contributed by atoms with Crippen LogP contribution >= 0.6 is 11.6 Å².